The van der Waals surface area contributed by atoms with Crippen molar-refractivity contribution in [2.75, 3.05) is 5.32 Å². The Morgan fingerprint density at radius 2 is 2.10 bits per heavy atom. The monoisotopic (exact) mass is 280 g/mol. The summed E-state index contributed by atoms with van der Waals surface area (Å²) in [6.45, 7) is 2.10. The minimum Gasteiger partial charge on any atom is -0.467 e. The molecule has 0 spiro atoms. The number of hydrogen-bond donors (Lipinski definition) is 1. The van der Waals surface area contributed by atoms with Gasteiger partial charge >= 0.3 is 0 Å². The van der Waals surface area contributed by atoms with E-state index in [9.17, 15) is 0 Å². The number of nitrogens with zero attached hydrogens (tertiary/aromatic N) is 3. The maximum Gasteiger partial charge on any atom is 0.222 e. The zero-order chi connectivity index (χ0) is 14.2. The molecule has 3 aromatic rings. The minimum absolute atomic E-state index is 0.0741. The van der Waals surface area contributed by atoms with Crippen LogP contribution in [0, 0.1) is 6.92 Å². The SMILES string of the molecule is Cc1ccc([C@@H]2C[C@H](c3ccco3)n3ncnc3N2)cc1. The highest BCUT2D eigenvalue weighted by Crippen LogP contribution is 2.37. The van der Waals surface area contributed by atoms with Crippen LogP contribution in [0.15, 0.2) is 53.4 Å². The van der Waals surface area contributed by atoms with Crippen molar-refractivity contribution in [1.29, 1.82) is 0 Å². The molecule has 1 aromatic carbocycles. The summed E-state index contributed by atoms with van der Waals surface area (Å²) in [6.07, 6.45) is 4.16. The molecule has 3 heterocycles. The number of aryl methyl sites for hydroxylation is 1. The summed E-state index contributed by atoms with van der Waals surface area (Å²) in [5, 5.41) is 7.77. The van der Waals surface area contributed by atoms with E-state index in [1.165, 1.54) is 11.1 Å². The minimum atomic E-state index is 0.0741. The van der Waals surface area contributed by atoms with Gasteiger partial charge in [0.1, 0.15) is 18.1 Å². The molecule has 2 atom stereocenters. The van der Waals surface area contributed by atoms with Crippen molar-refractivity contribution in [3.8, 4) is 0 Å². The molecule has 2 aromatic heterocycles. The molecule has 0 radical (unpaired) electrons. The molecule has 106 valence electrons. The van der Waals surface area contributed by atoms with E-state index in [-0.39, 0.29) is 12.1 Å². The first kappa shape index (κ1) is 12.2. The summed E-state index contributed by atoms with van der Waals surface area (Å²) in [7, 11) is 0. The Labute approximate surface area is 122 Å². The molecule has 0 saturated heterocycles. The lowest BCUT2D eigenvalue weighted by atomic mass is 9.96. The highest BCUT2D eigenvalue weighted by molar-refractivity contribution is 5.37. The van der Waals surface area contributed by atoms with E-state index in [2.05, 4.69) is 46.6 Å². The quantitative estimate of drug-likeness (QED) is 0.782. The smallest absolute Gasteiger partial charge is 0.222 e. The largest absolute Gasteiger partial charge is 0.467 e. The van der Waals surface area contributed by atoms with E-state index >= 15 is 0 Å². The van der Waals surface area contributed by atoms with Gasteiger partial charge in [-0.15, -0.1) is 0 Å². The topological polar surface area (TPSA) is 55.9 Å². The second-order valence-electron chi connectivity index (χ2n) is 5.40. The molecule has 0 fully saturated rings. The highest BCUT2D eigenvalue weighted by Gasteiger charge is 2.31. The van der Waals surface area contributed by atoms with Crippen LogP contribution in [0.25, 0.3) is 0 Å². The summed E-state index contributed by atoms with van der Waals surface area (Å²) < 4.78 is 7.48. The molecule has 0 amide bonds. The lowest BCUT2D eigenvalue weighted by molar-refractivity contribution is 0.358. The van der Waals surface area contributed by atoms with Gasteiger partial charge in [0, 0.05) is 6.42 Å². The molecule has 1 aliphatic rings. The number of fused-ring (bicyclic) bond motifs is 1. The van der Waals surface area contributed by atoms with Crippen molar-refractivity contribution < 1.29 is 4.42 Å². The van der Waals surface area contributed by atoms with Crippen LogP contribution in [0.3, 0.4) is 0 Å². The molecule has 21 heavy (non-hydrogen) atoms. The third-order valence-corrected chi connectivity index (χ3v) is 3.98. The van der Waals surface area contributed by atoms with Gasteiger partial charge in [-0.1, -0.05) is 29.8 Å². The summed E-state index contributed by atoms with van der Waals surface area (Å²) in [4.78, 5) is 4.31. The standard InChI is InChI=1S/C16H16N4O/c1-11-4-6-12(7-5-11)13-9-14(15-3-2-8-21-15)20-16(19-13)17-10-18-20/h2-8,10,13-14H,9H2,1H3,(H,17,18,19)/t13-,14+/m0/s1. The molecular weight excluding hydrogens is 264 g/mol. The molecule has 5 heteroatoms. The molecule has 0 saturated carbocycles. The van der Waals surface area contributed by atoms with E-state index < -0.39 is 0 Å². The van der Waals surface area contributed by atoms with Crippen molar-refractivity contribution in [3.05, 3.63) is 65.9 Å². The average Bonchev–Trinajstić information content (AvgIpc) is 3.18. The first-order chi connectivity index (χ1) is 10.3. The Bertz CT molecular complexity index is 730. The van der Waals surface area contributed by atoms with Gasteiger partial charge in [-0.05, 0) is 24.6 Å². The van der Waals surface area contributed by atoms with Crippen LogP contribution in [0.5, 0.6) is 0 Å². The normalized spacial score (nSPS) is 20.8. The lowest BCUT2D eigenvalue weighted by Crippen LogP contribution is -2.27. The van der Waals surface area contributed by atoms with Crippen molar-refractivity contribution in [3.63, 3.8) is 0 Å². The third-order valence-electron chi connectivity index (χ3n) is 3.98. The Kier molecular flexibility index (Phi) is 2.77. The molecule has 5 nitrogen and oxygen atoms in total. The van der Waals surface area contributed by atoms with Crippen LogP contribution >= 0.6 is 0 Å². The Morgan fingerprint density at radius 1 is 1.24 bits per heavy atom. The number of furan rings is 1. The first-order valence-corrected chi connectivity index (χ1v) is 7.07. The van der Waals surface area contributed by atoms with Gasteiger partial charge in [0.25, 0.3) is 0 Å². The maximum absolute atomic E-state index is 5.59. The molecule has 0 aliphatic carbocycles. The fourth-order valence-electron chi connectivity index (χ4n) is 2.86. The van der Waals surface area contributed by atoms with Gasteiger partial charge in [-0.3, -0.25) is 0 Å². The molecular formula is C16H16N4O. The van der Waals surface area contributed by atoms with Gasteiger partial charge in [0.05, 0.1) is 12.3 Å². The molecule has 1 aliphatic heterocycles. The predicted octanol–water partition coefficient (Wildman–Crippen LogP) is 3.33. The second kappa shape index (κ2) is 4.77. The van der Waals surface area contributed by atoms with Gasteiger partial charge in [-0.25, -0.2) is 4.68 Å². The van der Waals surface area contributed by atoms with Crippen molar-refractivity contribution in [2.45, 2.75) is 25.4 Å². The van der Waals surface area contributed by atoms with Crippen molar-refractivity contribution in [2.24, 2.45) is 0 Å². The van der Waals surface area contributed by atoms with Gasteiger partial charge in [0.2, 0.25) is 5.95 Å². The van der Waals surface area contributed by atoms with Gasteiger partial charge in [-0.2, -0.15) is 10.1 Å². The van der Waals surface area contributed by atoms with Crippen molar-refractivity contribution in [1.82, 2.24) is 14.8 Å². The fraction of sp³-hybridized carbons (Fsp3) is 0.250. The highest BCUT2D eigenvalue weighted by atomic mass is 16.3. The molecule has 0 unspecified atom stereocenters. The van der Waals surface area contributed by atoms with E-state index in [1.807, 2.05) is 16.8 Å². The number of benzene rings is 1. The van der Waals surface area contributed by atoms with E-state index in [0.29, 0.717) is 0 Å². The summed E-state index contributed by atoms with van der Waals surface area (Å²) in [5.74, 6) is 1.70. The fourth-order valence-corrected chi connectivity index (χ4v) is 2.86. The van der Waals surface area contributed by atoms with Crippen LogP contribution in [-0.2, 0) is 0 Å². The Balaban J connectivity index is 1.72. The number of anilines is 1. The zero-order valence-electron chi connectivity index (χ0n) is 11.7. The van der Waals surface area contributed by atoms with Crippen LogP contribution < -0.4 is 5.32 Å². The second-order valence-corrected chi connectivity index (χ2v) is 5.40. The van der Waals surface area contributed by atoms with Crippen molar-refractivity contribution >= 4 is 5.95 Å². The summed E-state index contributed by atoms with van der Waals surface area (Å²) in [6, 6.07) is 12.8. The average molecular weight is 280 g/mol. The summed E-state index contributed by atoms with van der Waals surface area (Å²) in [5.41, 5.74) is 2.52. The number of hydrogen-bond acceptors (Lipinski definition) is 4. The number of aromatic nitrogens is 3. The number of nitrogens with one attached hydrogen (secondary N) is 1. The Hall–Kier alpha value is -2.56. The lowest BCUT2D eigenvalue weighted by Gasteiger charge is -2.30. The van der Waals surface area contributed by atoms with E-state index in [1.54, 1.807) is 12.6 Å². The maximum atomic E-state index is 5.59. The summed E-state index contributed by atoms with van der Waals surface area (Å²) >= 11 is 0. The number of rotatable bonds is 2. The molecule has 1 N–H and O–H groups in total. The third kappa shape index (κ3) is 2.11. The van der Waals surface area contributed by atoms with Crippen LogP contribution in [0.1, 0.15) is 35.4 Å². The van der Waals surface area contributed by atoms with E-state index in [0.717, 1.165) is 18.1 Å². The zero-order valence-corrected chi connectivity index (χ0v) is 11.7. The predicted molar refractivity (Wildman–Crippen MR) is 79.0 cm³/mol. The first-order valence-electron chi connectivity index (χ1n) is 7.07. The van der Waals surface area contributed by atoms with Crippen LogP contribution in [0.2, 0.25) is 0 Å². The van der Waals surface area contributed by atoms with Crippen LogP contribution in [-0.4, -0.2) is 14.8 Å². The van der Waals surface area contributed by atoms with Crippen LogP contribution in [0.4, 0.5) is 5.95 Å². The molecule has 0 bridgehead atoms. The molecule has 4 rings (SSSR count). The van der Waals surface area contributed by atoms with E-state index in [4.69, 9.17) is 4.42 Å². The van der Waals surface area contributed by atoms with Gasteiger partial charge < -0.3 is 9.73 Å². The van der Waals surface area contributed by atoms with Gasteiger partial charge in [0.15, 0.2) is 0 Å². The Morgan fingerprint density at radius 3 is 2.86 bits per heavy atom.